The number of carbonyl (C=O) groups is 2. The number of halogens is 4. The Morgan fingerprint density at radius 3 is 2.18 bits per heavy atom. The topological polar surface area (TPSA) is 69.4 Å². The highest BCUT2D eigenvalue weighted by molar-refractivity contribution is 14.1. The number of amides is 1. The van der Waals surface area contributed by atoms with Gasteiger partial charge < -0.3 is 10.5 Å². The van der Waals surface area contributed by atoms with Crippen molar-refractivity contribution in [2.75, 3.05) is 6.67 Å². The predicted octanol–water partition coefficient (Wildman–Crippen LogP) is 2.08. The van der Waals surface area contributed by atoms with Crippen molar-refractivity contribution in [2.24, 2.45) is 11.1 Å². The van der Waals surface area contributed by atoms with Crippen LogP contribution in [-0.2, 0) is 9.53 Å². The Kier molecular flexibility index (Phi) is 6.20. The summed E-state index contributed by atoms with van der Waals surface area (Å²) < 4.78 is 41.4. The molecular weight excluding hydrogens is 354 g/mol. The van der Waals surface area contributed by atoms with Crippen molar-refractivity contribution < 1.29 is 27.5 Å². The van der Waals surface area contributed by atoms with Crippen LogP contribution in [0.25, 0.3) is 0 Å². The minimum Gasteiger partial charge on any atom is -0.435 e. The normalized spacial score (nSPS) is 17.1. The summed E-state index contributed by atoms with van der Waals surface area (Å²) in [7, 11) is 0. The Hall–Kier alpha value is -0.540. The van der Waals surface area contributed by atoms with Gasteiger partial charge in [-0.1, -0.05) is 13.8 Å². The third kappa shape index (κ3) is 4.68. The van der Waals surface area contributed by atoms with Crippen molar-refractivity contribution in [2.45, 2.75) is 30.3 Å². The van der Waals surface area contributed by atoms with Crippen molar-refractivity contribution in [3.63, 3.8) is 0 Å². The lowest BCUT2D eigenvalue weighted by molar-refractivity contribution is -0.135. The summed E-state index contributed by atoms with van der Waals surface area (Å²) in [5.41, 5.74) is 3.07. The second kappa shape index (κ2) is 6.41. The summed E-state index contributed by atoms with van der Waals surface area (Å²) in [6.45, 7) is 1.27. The second-order valence-corrected chi connectivity index (χ2v) is 5.18. The first-order valence-corrected chi connectivity index (χ1v) is 5.86. The van der Waals surface area contributed by atoms with Crippen LogP contribution in [0.3, 0.4) is 0 Å². The van der Waals surface area contributed by atoms with E-state index in [1.165, 1.54) is 13.8 Å². The molecule has 0 aromatic rings. The number of ether oxygens (including phenoxy) is 1. The average Bonchev–Trinajstić information content (AvgIpc) is 2.23. The van der Waals surface area contributed by atoms with E-state index in [4.69, 9.17) is 0 Å². The van der Waals surface area contributed by atoms with Crippen LogP contribution < -0.4 is 5.73 Å². The summed E-state index contributed by atoms with van der Waals surface area (Å²) in [6.07, 6.45) is -5.64. The standard InChI is InChI=1S/C9H13F3INO3/c1-9(2,3-10)6(11)5(17-8(14)16)4(15)7(12)13/h5-7H,3H2,1-2H3,(H2,14,16). The molecule has 1 amide bonds. The first-order valence-electron chi connectivity index (χ1n) is 4.61. The van der Waals surface area contributed by atoms with Crippen molar-refractivity contribution >= 4 is 34.5 Å². The molecule has 17 heavy (non-hydrogen) atoms. The second-order valence-electron chi connectivity index (χ2n) is 4.08. The highest BCUT2D eigenvalue weighted by atomic mass is 127. The minimum atomic E-state index is -2.18. The van der Waals surface area contributed by atoms with Crippen molar-refractivity contribution in [3.05, 3.63) is 0 Å². The van der Waals surface area contributed by atoms with Crippen LogP contribution in [0.1, 0.15) is 13.8 Å². The monoisotopic (exact) mass is 367 g/mol. The van der Waals surface area contributed by atoms with Gasteiger partial charge in [-0.15, -0.1) is 0 Å². The zero-order valence-corrected chi connectivity index (χ0v) is 11.4. The van der Waals surface area contributed by atoms with Crippen LogP contribution in [0.4, 0.5) is 18.0 Å². The van der Waals surface area contributed by atoms with Crippen LogP contribution in [0.15, 0.2) is 0 Å². The zero-order chi connectivity index (χ0) is 13.8. The van der Waals surface area contributed by atoms with Gasteiger partial charge in [0.25, 0.3) is 0 Å². The molecule has 0 radical (unpaired) electrons. The molecule has 0 heterocycles. The first-order chi connectivity index (χ1) is 7.63. The molecule has 3 atom stereocenters. The number of hydrogen-bond donors (Lipinski definition) is 1. The smallest absolute Gasteiger partial charge is 0.405 e. The number of rotatable bonds is 6. The molecule has 0 aliphatic carbocycles. The molecule has 0 aromatic carbocycles. The molecule has 0 spiro atoms. The van der Waals surface area contributed by atoms with Crippen LogP contribution in [0.2, 0.25) is 0 Å². The number of ketones is 1. The van der Waals surface area contributed by atoms with E-state index < -0.39 is 40.4 Å². The maximum Gasteiger partial charge on any atom is 0.405 e. The molecule has 0 saturated carbocycles. The van der Waals surface area contributed by atoms with Gasteiger partial charge in [0.2, 0.25) is 9.96 Å². The molecule has 2 N–H and O–H groups in total. The lowest BCUT2D eigenvalue weighted by Crippen LogP contribution is -2.47. The molecule has 3 unspecified atom stereocenters. The highest BCUT2D eigenvalue weighted by Crippen LogP contribution is 2.29. The fourth-order valence-corrected chi connectivity index (χ4v) is 1.35. The molecule has 8 heteroatoms. The molecular formula is C9H13F3INO3. The van der Waals surface area contributed by atoms with E-state index in [0.29, 0.717) is 0 Å². The zero-order valence-electron chi connectivity index (χ0n) is 9.25. The molecule has 100 valence electrons. The molecule has 0 saturated heterocycles. The van der Waals surface area contributed by atoms with Crippen molar-refractivity contribution in [1.29, 1.82) is 0 Å². The van der Waals surface area contributed by atoms with E-state index >= 15 is 0 Å². The Bertz CT molecular complexity index is 299. The third-order valence-corrected chi connectivity index (χ3v) is 2.71. The van der Waals surface area contributed by atoms with Crippen molar-refractivity contribution in [3.8, 4) is 0 Å². The van der Waals surface area contributed by atoms with Gasteiger partial charge in [-0.2, -0.15) is 0 Å². The van der Waals surface area contributed by atoms with Gasteiger partial charge in [0.15, 0.2) is 12.3 Å². The number of nitrogens with two attached hydrogens (primary N) is 1. The van der Waals surface area contributed by atoms with Crippen LogP contribution in [-0.4, -0.2) is 35.0 Å². The Morgan fingerprint density at radius 2 is 1.88 bits per heavy atom. The number of alkyl halides is 4. The van der Waals surface area contributed by atoms with E-state index in [0.717, 1.165) is 22.6 Å². The maximum atomic E-state index is 13.9. The van der Waals surface area contributed by atoms with Crippen molar-refractivity contribution in [1.82, 2.24) is 0 Å². The average molecular weight is 367 g/mol. The summed E-state index contributed by atoms with van der Waals surface area (Å²) in [5, 5.41) is 0. The SMILES string of the molecule is CC(C)(CF)C(F)C(OC(N)=O)C(=O)C(F)I. The molecule has 0 aromatic heterocycles. The summed E-state index contributed by atoms with van der Waals surface area (Å²) in [6, 6.07) is 0. The Labute approximate surface area is 110 Å². The van der Waals surface area contributed by atoms with E-state index in [9.17, 15) is 22.8 Å². The maximum absolute atomic E-state index is 13.9. The van der Waals surface area contributed by atoms with Gasteiger partial charge in [-0.3, -0.25) is 9.18 Å². The van der Waals surface area contributed by atoms with E-state index in [1.807, 2.05) is 0 Å². The molecule has 0 fully saturated rings. The van der Waals surface area contributed by atoms with Gasteiger partial charge in [0.1, 0.15) is 0 Å². The largest absolute Gasteiger partial charge is 0.435 e. The fraction of sp³-hybridized carbons (Fsp3) is 0.778. The number of hydrogen-bond acceptors (Lipinski definition) is 3. The van der Waals surface area contributed by atoms with Gasteiger partial charge in [0.05, 0.1) is 6.67 Å². The van der Waals surface area contributed by atoms with E-state index in [-0.39, 0.29) is 0 Å². The number of carbonyl (C=O) groups excluding carboxylic acids is 2. The quantitative estimate of drug-likeness (QED) is 0.578. The summed E-state index contributed by atoms with van der Waals surface area (Å²) >= 11 is 1.10. The summed E-state index contributed by atoms with van der Waals surface area (Å²) in [5.74, 6) is -1.29. The van der Waals surface area contributed by atoms with Gasteiger partial charge in [0, 0.05) is 5.41 Å². The molecule has 4 nitrogen and oxygen atoms in total. The van der Waals surface area contributed by atoms with Gasteiger partial charge >= 0.3 is 6.09 Å². The number of Topliss-reactive ketones (excluding diaryl/α,β-unsaturated/α-hetero) is 1. The predicted molar refractivity (Wildman–Crippen MR) is 63.0 cm³/mol. The molecule has 0 aliphatic rings. The van der Waals surface area contributed by atoms with Crippen LogP contribution in [0, 0.1) is 5.41 Å². The van der Waals surface area contributed by atoms with Crippen LogP contribution in [0.5, 0.6) is 0 Å². The van der Waals surface area contributed by atoms with E-state index in [1.54, 1.807) is 0 Å². The van der Waals surface area contributed by atoms with Gasteiger partial charge in [-0.25, -0.2) is 13.6 Å². The molecule has 0 rings (SSSR count). The molecule has 0 bridgehead atoms. The Morgan fingerprint density at radius 1 is 1.41 bits per heavy atom. The highest BCUT2D eigenvalue weighted by Gasteiger charge is 2.44. The lowest BCUT2D eigenvalue weighted by atomic mass is 9.85. The van der Waals surface area contributed by atoms with Crippen LogP contribution >= 0.6 is 22.6 Å². The Balaban J connectivity index is 5.05. The van der Waals surface area contributed by atoms with E-state index in [2.05, 4.69) is 10.5 Å². The van der Waals surface area contributed by atoms with Gasteiger partial charge in [-0.05, 0) is 22.6 Å². The first kappa shape index (κ1) is 16.5. The number of primary amides is 1. The summed E-state index contributed by atoms with van der Waals surface area (Å²) in [4.78, 5) is 21.8. The minimum absolute atomic E-state index is 1.10. The lowest BCUT2D eigenvalue weighted by Gasteiger charge is -2.30. The molecule has 0 aliphatic heterocycles. The fourth-order valence-electron chi connectivity index (χ4n) is 0.995. The third-order valence-electron chi connectivity index (χ3n) is 2.10.